The van der Waals surface area contributed by atoms with Gasteiger partial charge in [-0.25, -0.2) is 0 Å². The highest BCUT2D eigenvalue weighted by Gasteiger charge is 2.31. The number of aromatic nitrogens is 1. The second-order valence-corrected chi connectivity index (χ2v) is 7.58. The highest BCUT2D eigenvalue weighted by Crippen LogP contribution is 2.34. The van der Waals surface area contributed by atoms with Crippen molar-refractivity contribution >= 4 is 34.1 Å². The molecule has 0 atom stereocenters. The smallest absolute Gasteiger partial charge is 0.311 e. The normalized spacial score (nSPS) is 14.0. The summed E-state index contributed by atoms with van der Waals surface area (Å²) < 4.78 is 38.9. The summed E-state index contributed by atoms with van der Waals surface area (Å²) in [5.41, 5.74) is 2.38. The van der Waals surface area contributed by atoms with Crippen molar-refractivity contribution in [2.75, 3.05) is 11.9 Å². The van der Waals surface area contributed by atoms with E-state index in [-0.39, 0.29) is 5.69 Å². The number of anilines is 1. The number of hydrogen-bond acceptors (Lipinski definition) is 2. The van der Waals surface area contributed by atoms with Crippen molar-refractivity contribution in [3.8, 4) is 0 Å². The average Bonchev–Trinajstić information content (AvgIpc) is 2.72. The van der Waals surface area contributed by atoms with Gasteiger partial charge in [0.05, 0.1) is 16.1 Å². The largest absolute Gasteiger partial charge is 0.416 e. The van der Waals surface area contributed by atoms with Crippen LogP contribution < -0.4 is 4.90 Å². The van der Waals surface area contributed by atoms with Crippen molar-refractivity contribution in [2.45, 2.75) is 31.9 Å². The molecule has 0 saturated carbocycles. The van der Waals surface area contributed by atoms with Gasteiger partial charge in [-0.05, 0) is 61.6 Å². The van der Waals surface area contributed by atoms with Gasteiger partial charge >= 0.3 is 6.18 Å². The SMILES string of the molecule is CN(C(=O)c1ccc2c(Cl)c3c(nc2c1)CCCC3)c1cccc(C(F)(F)F)c1. The van der Waals surface area contributed by atoms with Gasteiger partial charge in [0, 0.05) is 29.4 Å². The van der Waals surface area contributed by atoms with Crippen LogP contribution in [0.3, 0.4) is 0 Å². The minimum atomic E-state index is -4.47. The molecule has 0 aliphatic heterocycles. The number of hydrogen-bond donors (Lipinski definition) is 0. The molecule has 0 N–H and O–H groups in total. The average molecular weight is 419 g/mol. The van der Waals surface area contributed by atoms with E-state index in [1.807, 2.05) is 0 Å². The van der Waals surface area contributed by atoms with Gasteiger partial charge < -0.3 is 4.90 Å². The monoisotopic (exact) mass is 418 g/mol. The molecule has 0 fully saturated rings. The van der Waals surface area contributed by atoms with E-state index in [4.69, 9.17) is 16.6 Å². The van der Waals surface area contributed by atoms with E-state index >= 15 is 0 Å². The summed E-state index contributed by atoms with van der Waals surface area (Å²) in [6, 6.07) is 9.75. The number of halogens is 4. The van der Waals surface area contributed by atoms with Crippen molar-refractivity contribution in [3.05, 3.63) is 69.9 Å². The minimum absolute atomic E-state index is 0.168. The van der Waals surface area contributed by atoms with Gasteiger partial charge in [0.1, 0.15) is 0 Å². The van der Waals surface area contributed by atoms with Crippen LogP contribution in [-0.2, 0) is 19.0 Å². The molecule has 0 bridgehead atoms. The van der Waals surface area contributed by atoms with Crippen molar-refractivity contribution in [1.82, 2.24) is 4.98 Å². The molecular weight excluding hydrogens is 401 g/mol. The van der Waals surface area contributed by atoms with E-state index < -0.39 is 17.6 Å². The Hall–Kier alpha value is -2.60. The molecule has 2 aromatic carbocycles. The molecule has 1 amide bonds. The van der Waals surface area contributed by atoms with Gasteiger partial charge in [-0.2, -0.15) is 13.2 Å². The first kappa shape index (κ1) is 19.7. The second-order valence-electron chi connectivity index (χ2n) is 7.20. The van der Waals surface area contributed by atoms with Gasteiger partial charge in [0.25, 0.3) is 5.91 Å². The van der Waals surface area contributed by atoms with Crippen LogP contribution in [-0.4, -0.2) is 17.9 Å². The molecule has 0 unspecified atom stereocenters. The van der Waals surface area contributed by atoms with E-state index in [1.54, 1.807) is 18.2 Å². The lowest BCUT2D eigenvalue weighted by Crippen LogP contribution is -2.26. The van der Waals surface area contributed by atoms with Crippen LogP contribution in [0.25, 0.3) is 10.9 Å². The van der Waals surface area contributed by atoms with Gasteiger partial charge in [-0.1, -0.05) is 23.7 Å². The van der Waals surface area contributed by atoms with Gasteiger partial charge in [-0.15, -0.1) is 0 Å². The Labute approximate surface area is 171 Å². The summed E-state index contributed by atoms with van der Waals surface area (Å²) in [4.78, 5) is 18.8. The van der Waals surface area contributed by atoms with Crippen molar-refractivity contribution < 1.29 is 18.0 Å². The molecule has 1 heterocycles. The van der Waals surface area contributed by atoms with Crippen LogP contribution in [0, 0.1) is 0 Å². The Morgan fingerprint density at radius 3 is 2.62 bits per heavy atom. The lowest BCUT2D eigenvalue weighted by atomic mass is 9.94. The van der Waals surface area contributed by atoms with Crippen LogP contribution in [0.1, 0.15) is 40.0 Å². The van der Waals surface area contributed by atoms with E-state index in [2.05, 4.69) is 0 Å². The molecule has 1 aliphatic rings. The molecule has 7 heteroatoms. The lowest BCUT2D eigenvalue weighted by Gasteiger charge is -2.20. The fourth-order valence-electron chi connectivity index (χ4n) is 3.70. The third-order valence-electron chi connectivity index (χ3n) is 5.31. The van der Waals surface area contributed by atoms with Gasteiger partial charge in [-0.3, -0.25) is 9.78 Å². The highest BCUT2D eigenvalue weighted by molar-refractivity contribution is 6.36. The number of benzene rings is 2. The fraction of sp³-hybridized carbons (Fsp3) is 0.273. The molecule has 29 heavy (non-hydrogen) atoms. The van der Waals surface area contributed by atoms with Crippen LogP contribution >= 0.6 is 11.6 Å². The zero-order valence-electron chi connectivity index (χ0n) is 15.7. The topological polar surface area (TPSA) is 33.2 Å². The summed E-state index contributed by atoms with van der Waals surface area (Å²) in [6.07, 6.45) is -0.580. The predicted octanol–water partition coefficient (Wildman–Crippen LogP) is 6.06. The highest BCUT2D eigenvalue weighted by atomic mass is 35.5. The van der Waals surface area contributed by atoms with Crippen LogP contribution in [0.15, 0.2) is 42.5 Å². The standard InChI is InChI=1S/C22H18ClF3N2O/c1-28(15-6-4-5-14(12-15)22(24,25)26)21(29)13-9-10-17-19(11-13)27-18-8-3-2-7-16(18)20(17)23/h4-6,9-12H,2-3,7-8H2,1H3. The third-order valence-corrected chi connectivity index (χ3v) is 5.74. The zero-order valence-corrected chi connectivity index (χ0v) is 16.4. The Balaban J connectivity index is 1.70. The quantitative estimate of drug-likeness (QED) is 0.506. The van der Waals surface area contributed by atoms with E-state index in [0.29, 0.717) is 16.1 Å². The maximum Gasteiger partial charge on any atom is 0.416 e. The molecule has 0 spiro atoms. The summed E-state index contributed by atoms with van der Waals surface area (Å²) in [5, 5.41) is 1.46. The second kappa shape index (κ2) is 7.34. The summed E-state index contributed by atoms with van der Waals surface area (Å²) in [7, 11) is 1.45. The number of amides is 1. The molecule has 4 rings (SSSR count). The Morgan fingerprint density at radius 1 is 1.10 bits per heavy atom. The molecule has 3 aromatic rings. The summed E-state index contributed by atoms with van der Waals surface area (Å²) in [5.74, 6) is -0.415. The van der Waals surface area contributed by atoms with E-state index in [1.165, 1.54) is 24.1 Å². The fourth-order valence-corrected chi connectivity index (χ4v) is 4.07. The maximum atomic E-state index is 13.0. The molecule has 1 aromatic heterocycles. The Bertz CT molecular complexity index is 1110. The first-order valence-corrected chi connectivity index (χ1v) is 9.70. The van der Waals surface area contributed by atoms with Crippen LogP contribution in [0.5, 0.6) is 0 Å². The van der Waals surface area contributed by atoms with Crippen LogP contribution in [0.2, 0.25) is 5.02 Å². The number of rotatable bonds is 2. The summed E-state index contributed by atoms with van der Waals surface area (Å²) >= 11 is 6.57. The third kappa shape index (κ3) is 3.69. The van der Waals surface area contributed by atoms with E-state index in [0.717, 1.165) is 54.5 Å². The molecule has 0 saturated heterocycles. The molecule has 150 valence electrons. The Morgan fingerprint density at radius 2 is 1.86 bits per heavy atom. The van der Waals surface area contributed by atoms with Crippen molar-refractivity contribution in [2.24, 2.45) is 0 Å². The van der Waals surface area contributed by atoms with Gasteiger partial charge in [0.2, 0.25) is 0 Å². The molecular formula is C22H18ClF3N2O. The predicted molar refractivity (Wildman–Crippen MR) is 108 cm³/mol. The first-order valence-electron chi connectivity index (χ1n) is 9.32. The van der Waals surface area contributed by atoms with E-state index in [9.17, 15) is 18.0 Å². The molecule has 1 aliphatic carbocycles. The minimum Gasteiger partial charge on any atom is -0.311 e. The zero-order chi connectivity index (χ0) is 20.8. The number of nitrogens with zero attached hydrogens (tertiary/aromatic N) is 2. The number of fused-ring (bicyclic) bond motifs is 2. The first-order chi connectivity index (χ1) is 13.8. The number of carbonyl (C=O) groups excluding carboxylic acids is 1. The van der Waals surface area contributed by atoms with Crippen molar-refractivity contribution in [1.29, 1.82) is 0 Å². The Kier molecular flexibility index (Phi) is 4.99. The number of alkyl halides is 3. The van der Waals surface area contributed by atoms with Crippen LogP contribution in [0.4, 0.5) is 18.9 Å². The number of pyridine rings is 1. The van der Waals surface area contributed by atoms with Gasteiger partial charge in [0.15, 0.2) is 0 Å². The summed E-state index contributed by atoms with van der Waals surface area (Å²) in [6.45, 7) is 0. The maximum absolute atomic E-state index is 13.0. The number of aryl methyl sites for hydroxylation is 1. The lowest BCUT2D eigenvalue weighted by molar-refractivity contribution is -0.137. The van der Waals surface area contributed by atoms with Crippen molar-refractivity contribution in [3.63, 3.8) is 0 Å². The number of carbonyl (C=O) groups is 1. The molecule has 3 nitrogen and oxygen atoms in total. The molecule has 0 radical (unpaired) electrons.